The van der Waals surface area contributed by atoms with Gasteiger partial charge in [0.15, 0.2) is 10.8 Å². The molecule has 0 fully saturated rings. The van der Waals surface area contributed by atoms with Gasteiger partial charge in [0.1, 0.15) is 4.88 Å². The number of amides is 1. The largest absolute Gasteiger partial charge is 0.476 e. The zero-order chi connectivity index (χ0) is 15.0. The van der Waals surface area contributed by atoms with Crippen LogP contribution in [0.15, 0.2) is 0 Å². The number of nitrogens with zero attached hydrogens (tertiary/aromatic N) is 1. The summed E-state index contributed by atoms with van der Waals surface area (Å²) in [6.45, 7) is 0. The predicted molar refractivity (Wildman–Crippen MR) is 48.8 cm³/mol. The maximum Gasteiger partial charge on any atom is 0.471 e. The third kappa shape index (κ3) is 3.56. The van der Waals surface area contributed by atoms with Gasteiger partial charge in [0.05, 0.1) is 0 Å². The second-order valence-corrected chi connectivity index (χ2v) is 3.95. The van der Waals surface area contributed by atoms with Crippen LogP contribution in [0.1, 0.15) is 15.4 Å². The Hall–Kier alpha value is -1.85. The standard InChI is InChI=1S/C7H2F6N2O3S/c8-6(9,10)2-1(3(16)17)14-5(19-2)15-4(18)7(11,12)13/h(H,16,17)(H,14,15,18). The zero-order valence-corrected chi connectivity index (χ0v) is 9.20. The Labute approximate surface area is 103 Å². The molecule has 0 bridgehead atoms. The number of aromatic nitrogens is 1. The van der Waals surface area contributed by atoms with Gasteiger partial charge in [-0.2, -0.15) is 26.3 Å². The van der Waals surface area contributed by atoms with Crippen molar-refractivity contribution in [2.45, 2.75) is 12.4 Å². The number of halogens is 6. The number of rotatable bonds is 2. The predicted octanol–water partition coefficient (Wildman–Crippen LogP) is 2.36. The highest BCUT2D eigenvalue weighted by atomic mass is 32.1. The molecular formula is C7H2F6N2O3S. The molecule has 0 aliphatic carbocycles. The number of carbonyl (C=O) groups excluding carboxylic acids is 1. The van der Waals surface area contributed by atoms with Crippen molar-refractivity contribution in [3.05, 3.63) is 10.6 Å². The van der Waals surface area contributed by atoms with Crippen molar-refractivity contribution >= 4 is 28.3 Å². The fraction of sp³-hybridized carbons (Fsp3) is 0.286. The quantitative estimate of drug-likeness (QED) is 0.822. The third-order valence-electron chi connectivity index (χ3n) is 1.57. The summed E-state index contributed by atoms with van der Waals surface area (Å²) in [4.78, 5) is 22.0. The van der Waals surface area contributed by atoms with E-state index in [0.29, 0.717) is 0 Å². The lowest BCUT2D eigenvalue weighted by atomic mass is 10.3. The summed E-state index contributed by atoms with van der Waals surface area (Å²) in [5.41, 5.74) is -1.48. The van der Waals surface area contributed by atoms with E-state index in [1.807, 2.05) is 0 Å². The summed E-state index contributed by atoms with van der Waals surface area (Å²) in [5.74, 6) is -4.62. The van der Waals surface area contributed by atoms with E-state index in [1.165, 1.54) is 0 Å². The van der Waals surface area contributed by atoms with Gasteiger partial charge in [0.25, 0.3) is 0 Å². The first-order valence-corrected chi connectivity index (χ1v) is 4.94. The molecular weight excluding hydrogens is 306 g/mol. The Morgan fingerprint density at radius 2 is 1.68 bits per heavy atom. The number of carboxylic acid groups (broad SMARTS) is 1. The van der Waals surface area contributed by atoms with E-state index in [2.05, 4.69) is 4.98 Å². The summed E-state index contributed by atoms with van der Waals surface area (Å²) in [6.07, 6.45) is -10.4. The lowest BCUT2D eigenvalue weighted by Gasteiger charge is -2.04. The van der Waals surface area contributed by atoms with E-state index in [4.69, 9.17) is 5.11 Å². The lowest BCUT2D eigenvalue weighted by Crippen LogP contribution is -2.29. The summed E-state index contributed by atoms with van der Waals surface area (Å²) in [6, 6.07) is 0. The molecule has 1 heterocycles. The van der Waals surface area contributed by atoms with Crippen LogP contribution >= 0.6 is 11.3 Å². The van der Waals surface area contributed by atoms with E-state index in [0.717, 1.165) is 5.32 Å². The molecule has 5 nitrogen and oxygen atoms in total. The molecule has 0 aliphatic heterocycles. The molecule has 19 heavy (non-hydrogen) atoms. The van der Waals surface area contributed by atoms with Gasteiger partial charge in [-0.05, 0) is 0 Å². The number of aromatic carboxylic acids is 1. The number of carbonyl (C=O) groups is 2. The maximum absolute atomic E-state index is 12.4. The Morgan fingerprint density at radius 1 is 1.16 bits per heavy atom. The van der Waals surface area contributed by atoms with Gasteiger partial charge in [-0.3, -0.25) is 10.1 Å². The van der Waals surface area contributed by atoms with Gasteiger partial charge in [0.2, 0.25) is 0 Å². The van der Waals surface area contributed by atoms with E-state index in [-0.39, 0.29) is 0 Å². The molecule has 1 rings (SSSR count). The highest BCUT2D eigenvalue weighted by Crippen LogP contribution is 2.38. The van der Waals surface area contributed by atoms with Crippen molar-refractivity contribution in [1.29, 1.82) is 0 Å². The minimum absolute atomic E-state index is 0.410. The van der Waals surface area contributed by atoms with Crippen LogP contribution in [0.5, 0.6) is 0 Å². The van der Waals surface area contributed by atoms with Crippen molar-refractivity contribution in [3.8, 4) is 0 Å². The molecule has 0 atom stereocenters. The fourth-order valence-electron chi connectivity index (χ4n) is 0.879. The molecule has 1 aromatic heterocycles. The van der Waals surface area contributed by atoms with Crippen LogP contribution in [0.4, 0.5) is 31.5 Å². The molecule has 12 heteroatoms. The topological polar surface area (TPSA) is 79.3 Å². The Balaban J connectivity index is 3.13. The van der Waals surface area contributed by atoms with Crippen LogP contribution < -0.4 is 5.32 Å². The van der Waals surface area contributed by atoms with Crippen molar-refractivity contribution in [2.75, 3.05) is 5.32 Å². The number of carboxylic acids is 1. The smallest absolute Gasteiger partial charge is 0.471 e. The minimum atomic E-state index is -5.33. The summed E-state index contributed by atoms with van der Waals surface area (Å²) < 4.78 is 72.7. The molecule has 2 N–H and O–H groups in total. The van der Waals surface area contributed by atoms with Gasteiger partial charge >= 0.3 is 24.2 Å². The first-order valence-electron chi connectivity index (χ1n) is 4.12. The minimum Gasteiger partial charge on any atom is -0.476 e. The Kier molecular flexibility index (Phi) is 3.74. The van der Waals surface area contributed by atoms with Crippen LogP contribution in [0.3, 0.4) is 0 Å². The monoisotopic (exact) mass is 308 g/mol. The molecule has 0 unspecified atom stereocenters. The summed E-state index contributed by atoms with van der Waals surface area (Å²) in [5, 5.41) is 8.39. The van der Waals surface area contributed by atoms with Gasteiger partial charge in [-0.15, -0.1) is 0 Å². The zero-order valence-electron chi connectivity index (χ0n) is 8.39. The second-order valence-electron chi connectivity index (χ2n) is 2.95. The molecule has 0 saturated carbocycles. The lowest BCUT2D eigenvalue weighted by molar-refractivity contribution is -0.167. The molecule has 106 valence electrons. The molecule has 1 aromatic rings. The number of hydrogen-bond acceptors (Lipinski definition) is 4. The number of alkyl halides is 6. The van der Waals surface area contributed by atoms with Crippen LogP contribution in [-0.4, -0.2) is 28.1 Å². The molecule has 0 aliphatic rings. The van der Waals surface area contributed by atoms with E-state index >= 15 is 0 Å². The molecule has 0 spiro atoms. The number of thiazole rings is 1. The number of nitrogens with one attached hydrogen (secondary N) is 1. The van der Waals surface area contributed by atoms with Crippen LogP contribution in [0.25, 0.3) is 0 Å². The molecule has 0 saturated heterocycles. The molecule has 0 radical (unpaired) electrons. The van der Waals surface area contributed by atoms with Gasteiger partial charge < -0.3 is 5.11 Å². The van der Waals surface area contributed by atoms with Crippen molar-refractivity contribution < 1.29 is 41.0 Å². The first-order chi connectivity index (χ1) is 8.43. The number of hydrogen-bond donors (Lipinski definition) is 2. The SMILES string of the molecule is O=C(O)c1nc(NC(=O)C(F)(F)F)sc1C(F)(F)F. The van der Waals surface area contributed by atoms with Gasteiger partial charge in [-0.25, -0.2) is 9.78 Å². The van der Waals surface area contributed by atoms with E-state index in [9.17, 15) is 35.9 Å². The Bertz CT molecular complexity index is 520. The molecule has 0 aromatic carbocycles. The van der Waals surface area contributed by atoms with E-state index in [1.54, 1.807) is 0 Å². The average Bonchev–Trinajstić information content (AvgIpc) is 2.59. The molecule has 1 amide bonds. The van der Waals surface area contributed by atoms with Gasteiger partial charge in [-0.1, -0.05) is 11.3 Å². The van der Waals surface area contributed by atoms with Crippen molar-refractivity contribution in [2.24, 2.45) is 0 Å². The van der Waals surface area contributed by atoms with Crippen LogP contribution in [-0.2, 0) is 11.0 Å². The van der Waals surface area contributed by atoms with Crippen LogP contribution in [0.2, 0.25) is 0 Å². The highest BCUT2D eigenvalue weighted by molar-refractivity contribution is 7.16. The normalized spacial score (nSPS) is 12.3. The highest BCUT2D eigenvalue weighted by Gasteiger charge is 2.42. The summed E-state index contributed by atoms with van der Waals surface area (Å²) >= 11 is -0.410. The number of anilines is 1. The fourth-order valence-corrected chi connectivity index (χ4v) is 1.70. The van der Waals surface area contributed by atoms with Crippen LogP contribution in [0, 0.1) is 0 Å². The van der Waals surface area contributed by atoms with Crippen molar-refractivity contribution in [1.82, 2.24) is 4.98 Å². The third-order valence-corrected chi connectivity index (χ3v) is 2.58. The Morgan fingerprint density at radius 3 is 2.00 bits per heavy atom. The second kappa shape index (κ2) is 4.68. The van der Waals surface area contributed by atoms with Crippen molar-refractivity contribution in [3.63, 3.8) is 0 Å². The summed E-state index contributed by atoms with van der Waals surface area (Å²) in [7, 11) is 0. The first kappa shape index (κ1) is 15.2. The maximum atomic E-state index is 12.4. The average molecular weight is 308 g/mol. The van der Waals surface area contributed by atoms with Gasteiger partial charge in [0, 0.05) is 0 Å². The van der Waals surface area contributed by atoms with E-state index < -0.39 is 51.3 Å².